The molecule has 0 amide bonds. The Kier molecular flexibility index (Phi) is 2.20. The van der Waals surface area contributed by atoms with Crippen molar-refractivity contribution >= 4 is 0 Å². The van der Waals surface area contributed by atoms with Crippen LogP contribution in [0.3, 0.4) is 0 Å². The Morgan fingerprint density at radius 1 is 1.46 bits per heavy atom. The Morgan fingerprint density at radius 3 is 2.54 bits per heavy atom. The normalized spacial score (nSPS) is 22.5. The summed E-state index contributed by atoms with van der Waals surface area (Å²) in [6.07, 6.45) is -0.501. The number of ether oxygens (including phenoxy) is 2. The highest BCUT2D eigenvalue weighted by Crippen LogP contribution is 2.28. The molecule has 1 aromatic carbocycles. The van der Waals surface area contributed by atoms with Gasteiger partial charge >= 0.3 is 0 Å². The van der Waals surface area contributed by atoms with Crippen molar-refractivity contribution in [3.63, 3.8) is 0 Å². The van der Waals surface area contributed by atoms with Gasteiger partial charge in [0.25, 0.3) is 0 Å². The van der Waals surface area contributed by atoms with Crippen LogP contribution in [0, 0.1) is 0 Å². The minimum absolute atomic E-state index is 0.00612. The molecule has 0 saturated carbocycles. The van der Waals surface area contributed by atoms with Crippen molar-refractivity contribution in [2.45, 2.75) is 12.2 Å². The average molecular weight is 180 g/mol. The molecule has 0 bridgehead atoms. The van der Waals surface area contributed by atoms with Gasteiger partial charge in [0.2, 0.25) is 0 Å². The van der Waals surface area contributed by atoms with Crippen molar-refractivity contribution < 1.29 is 14.6 Å². The molecule has 0 spiro atoms. The highest BCUT2D eigenvalue weighted by atomic mass is 16.6. The van der Waals surface area contributed by atoms with E-state index in [9.17, 15) is 5.11 Å². The summed E-state index contributed by atoms with van der Waals surface area (Å²) < 4.78 is 10.0. The van der Waals surface area contributed by atoms with E-state index in [2.05, 4.69) is 0 Å². The third-order valence-electron chi connectivity index (χ3n) is 2.17. The van der Waals surface area contributed by atoms with Gasteiger partial charge in [0.15, 0.2) is 0 Å². The first-order valence-electron chi connectivity index (χ1n) is 4.25. The predicted octanol–water partition coefficient (Wildman–Crippen LogP) is 1.13. The largest absolute Gasteiger partial charge is 0.497 e. The second kappa shape index (κ2) is 3.36. The highest BCUT2D eigenvalue weighted by molar-refractivity contribution is 5.29. The molecule has 70 valence electrons. The molecule has 3 heteroatoms. The summed E-state index contributed by atoms with van der Waals surface area (Å²) in [5, 5.41) is 9.66. The zero-order valence-corrected chi connectivity index (χ0v) is 7.43. The van der Waals surface area contributed by atoms with Gasteiger partial charge in [0.1, 0.15) is 18.0 Å². The van der Waals surface area contributed by atoms with Crippen LogP contribution in [-0.4, -0.2) is 24.9 Å². The Labute approximate surface area is 76.9 Å². The number of aliphatic hydroxyl groups excluding tert-OH is 1. The fourth-order valence-electron chi connectivity index (χ4n) is 1.25. The van der Waals surface area contributed by atoms with Gasteiger partial charge in [-0.15, -0.1) is 0 Å². The first-order chi connectivity index (χ1) is 6.31. The third-order valence-corrected chi connectivity index (χ3v) is 2.17. The lowest BCUT2D eigenvalue weighted by Gasteiger charge is -2.07. The van der Waals surface area contributed by atoms with Crippen LogP contribution in [0.5, 0.6) is 5.75 Å². The zero-order chi connectivity index (χ0) is 9.26. The molecule has 0 aromatic heterocycles. The van der Waals surface area contributed by atoms with E-state index >= 15 is 0 Å². The van der Waals surface area contributed by atoms with Crippen LogP contribution in [0.25, 0.3) is 0 Å². The number of benzene rings is 1. The smallest absolute Gasteiger partial charge is 0.118 e. The summed E-state index contributed by atoms with van der Waals surface area (Å²) in [7, 11) is 1.62. The molecule has 1 aliphatic rings. The van der Waals surface area contributed by atoms with Crippen molar-refractivity contribution in [2.24, 2.45) is 0 Å². The van der Waals surface area contributed by atoms with E-state index in [-0.39, 0.29) is 6.10 Å². The van der Waals surface area contributed by atoms with E-state index in [0.29, 0.717) is 6.61 Å². The van der Waals surface area contributed by atoms with Gasteiger partial charge in [-0.1, -0.05) is 12.1 Å². The van der Waals surface area contributed by atoms with Crippen molar-refractivity contribution in [3.8, 4) is 5.75 Å². The number of methoxy groups -OCH3 is 1. The Balaban J connectivity index is 2.11. The van der Waals surface area contributed by atoms with E-state index in [1.165, 1.54) is 0 Å². The van der Waals surface area contributed by atoms with E-state index in [1.807, 2.05) is 24.3 Å². The number of hydrogen-bond donors (Lipinski definition) is 1. The van der Waals surface area contributed by atoms with Crippen LogP contribution in [-0.2, 0) is 4.74 Å². The lowest BCUT2D eigenvalue weighted by atomic mass is 10.1. The van der Waals surface area contributed by atoms with Crippen LogP contribution in [0.15, 0.2) is 24.3 Å². The van der Waals surface area contributed by atoms with Crippen LogP contribution < -0.4 is 4.74 Å². The third kappa shape index (κ3) is 1.82. The van der Waals surface area contributed by atoms with Crippen molar-refractivity contribution in [1.82, 2.24) is 0 Å². The number of rotatable bonds is 3. The van der Waals surface area contributed by atoms with Gasteiger partial charge in [-0.25, -0.2) is 0 Å². The van der Waals surface area contributed by atoms with Gasteiger partial charge in [0, 0.05) is 0 Å². The molecule has 0 aliphatic carbocycles. The molecule has 1 heterocycles. The zero-order valence-electron chi connectivity index (χ0n) is 7.43. The molecule has 0 unspecified atom stereocenters. The molecule has 1 saturated heterocycles. The van der Waals surface area contributed by atoms with E-state index in [1.54, 1.807) is 7.11 Å². The van der Waals surface area contributed by atoms with E-state index in [0.717, 1.165) is 11.3 Å². The molecule has 3 nitrogen and oxygen atoms in total. The van der Waals surface area contributed by atoms with Crippen LogP contribution in [0.1, 0.15) is 11.7 Å². The fraction of sp³-hybridized carbons (Fsp3) is 0.400. The Hall–Kier alpha value is -1.06. The maximum absolute atomic E-state index is 9.66. The van der Waals surface area contributed by atoms with Crippen LogP contribution >= 0.6 is 0 Å². The first kappa shape index (κ1) is 8.53. The predicted molar refractivity (Wildman–Crippen MR) is 47.7 cm³/mol. The molecule has 1 fully saturated rings. The molecule has 0 radical (unpaired) electrons. The quantitative estimate of drug-likeness (QED) is 0.709. The summed E-state index contributed by atoms with van der Waals surface area (Å²) in [5.74, 6) is 0.799. The maximum Gasteiger partial charge on any atom is 0.118 e. The summed E-state index contributed by atoms with van der Waals surface area (Å²) in [5.41, 5.74) is 0.878. The number of aliphatic hydroxyl groups is 1. The molecule has 13 heavy (non-hydrogen) atoms. The summed E-state index contributed by atoms with van der Waals surface area (Å²) in [4.78, 5) is 0. The minimum Gasteiger partial charge on any atom is -0.497 e. The summed E-state index contributed by atoms with van der Waals surface area (Å²) >= 11 is 0. The van der Waals surface area contributed by atoms with Crippen molar-refractivity contribution in [2.75, 3.05) is 13.7 Å². The maximum atomic E-state index is 9.66. The van der Waals surface area contributed by atoms with Crippen molar-refractivity contribution in [1.29, 1.82) is 0 Å². The number of hydrogen-bond acceptors (Lipinski definition) is 3. The fourth-order valence-corrected chi connectivity index (χ4v) is 1.25. The van der Waals surface area contributed by atoms with Gasteiger partial charge in [-0.05, 0) is 17.7 Å². The second-order valence-electron chi connectivity index (χ2n) is 3.09. The molecule has 1 aromatic rings. The molecular formula is C10H12O3. The van der Waals surface area contributed by atoms with Gasteiger partial charge in [0.05, 0.1) is 13.7 Å². The van der Waals surface area contributed by atoms with Crippen LogP contribution in [0.4, 0.5) is 0 Å². The monoisotopic (exact) mass is 180 g/mol. The molecule has 2 rings (SSSR count). The lowest BCUT2D eigenvalue weighted by Crippen LogP contribution is -2.04. The average Bonchev–Trinajstić information content (AvgIpc) is 3.00. The summed E-state index contributed by atoms with van der Waals surface area (Å²) in [6, 6.07) is 7.37. The second-order valence-corrected chi connectivity index (χ2v) is 3.09. The van der Waals surface area contributed by atoms with E-state index in [4.69, 9.17) is 9.47 Å². The van der Waals surface area contributed by atoms with E-state index < -0.39 is 6.10 Å². The SMILES string of the molecule is COc1ccc([C@H](O)[C@H]2CO2)cc1. The Bertz CT molecular complexity index is 277. The van der Waals surface area contributed by atoms with Gasteiger partial charge in [-0.2, -0.15) is 0 Å². The topological polar surface area (TPSA) is 42.0 Å². The standard InChI is InChI=1S/C10H12O3/c1-12-8-4-2-7(3-5-8)10(11)9-6-13-9/h2-5,9-11H,6H2,1H3/t9-,10+/m1/s1. The molecule has 1 aliphatic heterocycles. The minimum atomic E-state index is -0.495. The van der Waals surface area contributed by atoms with Gasteiger partial charge < -0.3 is 14.6 Å². The number of epoxide rings is 1. The molecule has 2 atom stereocenters. The van der Waals surface area contributed by atoms with Gasteiger partial charge in [-0.3, -0.25) is 0 Å². The Morgan fingerprint density at radius 2 is 2.08 bits per heavy atom. The lowest BCUT2D eigenvalue weighted by molar-refractivity contribution is 0.137. The molecule has 1 N–H and O–H groups in total. The van der Waals surface area contributed by atoms with Crippen molar-refractivity contribution in [3.05, 3.63) is 29.8 Å². The van der Waals surface area contributed by atoms with Crippen LogP contribution in [0.2, 0.25) is 0 Å². The molecular weight excluding hydrogens is 168 g/mol. The summed E-state index contributed by atoms with van der Waals surface area (Å²) in [6.45, 7) is 0.660. The first-order valence-corrected chi connectivity index (χ1v) is 4.25. The highest BCUT2D eigenvalue weighted by Gasteiger charge is 2.32.